The first-order valence-corrected chi connectivity index (χ1v) is 12.9. The number of hydrogen-bond acceptors (Lipinski definition) is 1. The van der Waals surface area contributed by atoms with Crippen molar-refractivity contribution in [3.63, 3.8) is 0 Å². The number of phenolic OH excluding ortho intramolecular Hbond substituents is 1. The zero-order valence-electron chi connectivity index (χ0n) is 20.6. The summed E-state index contributed by atoms with van der Waals surface area (Å²) in [6.45, 7) is 9.07. The van der Waals surface area contributed by atoms with Crippen LogP contribution in [0.4, 0.5) is 0 Å². The van der Waals surface area contributed by atoms with Crippen LogP contribution >= 0.6 is 0 Å². The molecule has 2 aromatic carbocycles. The summed E-state index contributed by atoms with van der Waals surface area (Å²) in [7, 11) is 0. The molecule has 0 saturated heterocycles. The van der Waals surface area contributed by atoms with Crippen molar-refractivity contribution < 1.29 is 5.11 Å². The van der Waals surface area contributed by atoms with E-state index in [9.17, 15) is 5.11 Å². The van der Waals surface area contributed by atoms with E-state index in [-0.39, 0.29) is 5.41 Å². The highest BCUT2D eigenvalue weighted by Crippen LogP contribution is 2.43. The van der Waals surface area contributed by atoms with Gasteiger partial charge in [-0.1, -0.05) is 134 Å². The van der Waals surface area contributed by atoms with Gasteiger partial charge in [-0.3, -0.25) is 0 Å². The molecule has 2 rings (SSSR count). The zero-order chi connectivity index (χ0) is 22.5. The third-order valence-electron chi connectivity index (χ3n) is 6.93. The van der Waals surface area contributed by atoms with Gasteiger partial charge < -0.3 is 5.11 Å². The van der Waals surface area contributed by atoms with Crippen LogP contribution in [0.3, 0.4) is 0 Å². The zero-order valence-corrected chi connectivity index (χ0v) is 20.6. The summed E-state index contributed by atoms with van der Waals surface area (Å²) in [5.74, 6) is 0.971. The molecule has 0 bridgehead atoms. The van der Waals surface area contributed by atoms with Crippen molar-refractivity contribution in [2.45, 2.75) is 116 Å². The lowest BCUT2D eigenvalue weighted by atomic mass is 9.72. The molecule has 1 unspecified atom stereocenters. The van der Waals surface area contributed by atoms with Crippen molar-refractivity contribution in [1.82, 2.24) is 0 Å². The number of phenols is 1. The van der Waals surface area contributed by atoms with Gasteiger partial charge in [0, 0.05) is 11.0 Å². The van der Waals surface area contributed by atoms with E-state index in [1.807, 2.05) is 12.1 Å². The van der Waals surface area contributed by atoms with Gasteiger partial charge in [0.2, 0.25) is 0 Å². The predicted molar refractivity (Wildman–Crippen MR) is 136 cm³/mol. The molecule has 0 radical (unpaired) electrons. The first kappa shape index (κ1) is 25.5. The average Bonchev–Trinajstić information content (AvgIpc) is 2.77. The summed E-state index contributed by atoms with van der Waals surface area (Å²) in [4.78, 5) is 0. The molecular formula is C30H46O. The molecule has 172 valence electrons. The minimum atomic E-state index is -0.216. The Morgan fingerprint density at radius 2 is 1.29 bits per heavy atom. The lowest BCUT2D eigenvalue weighted by Gasteiger charge is -2.32. The molecule has 1 N–H and O–H groups in total. The van der Waals surface area contributed by atoms with Gasteiger partial charge in [0.05, 0.1) is 0 Å². The Kier molecular flexibility index (Phi) is 11.2. The Balaban J connectivity index is 2.05. The summed E-state index contributed by atoms with van der Waals surface area (Å²) in [6, 6.07) is 16.8. The molecule has 1 atom stereocenters. The van der Waals surface area contributed by atoms with Crippen molar-refractivity contribution >= 4 is 0 Å². The topological polar surface area (TPSA) is 20.2 Å². The molecule has 0 aliphatic heterocycles. The molecule has 0 aliphatic rings. The fourth-order valence-electron chi connectivity index (χ4n) is 5.08. The second kappa shape index (κ2) is 13.6. The van der Waals surface area contributed by atoms with E-state index in [2.05, 4.69) is 64.1 Å². The fraction of sp³-hybridized carbons (Fsp3) is 0.600. The van der Waals surface area contributed by atoms with Crippen LogP contribution in [-0.4, -0.2) is 5.11 Å². The molecule has 31 heavy (non-hydrogen) atoms. The van der Waals surface area contributed by atoms with E-state index in [0.717, 1.165) is 5.56 Å². The van der Waals surface area contributed by atoms with E-state index < -0.39 is 0 Å². The standard InChI is InChI=1S/C30H46O/c1-5-7-8-9-10-11-12-13-15-20-25(19-6-2)27-23-18-24-28(31)29(27)30(3,4)26-21-16-14-17-22-26/h14,16-18,21-25,31H,5-13,15,19-20H2,1-4H3. The summed E-state index contributed by atoms with van der Waals surface area (Å²) < 4.78 is 0. The lowest BCUT2D eigenvalue weighted by Crippen LogP contribution is -2.22. The van der Waals surface area contributed by atoms with E-state index in [1.165, 1.54) is 88.2 Å². The van der Waals surface area contributed by atoms with Crippen molar-refractivity contribution in [1.29, 1.82) is 0 Å². The van der Waals surface area contributed by atoms with Gasteiger partial charge in [0.15, 0.2) is 0 Å². The molecule has 0 amide bonds. The Hall–Kier alpha value is -1.76. The van der Waals surface area contributed by atoms with Crippen LogP contribution in [0.5, 0.6) is 5.75 Å². The van der Waals surface area contributed by atoms with E-state index in [1.54, 1.807) is 0 Å². The second-order valence-electron chi connectivity index (χ2n) is 9.84. The minimum absolute atomic E-state index is 0.216. The van der Waals surface area contributed by atoms with Gasteiger partial charge in [0.25, 0.3) is 0 Å². The second-order valence-corrected chi connectivity index (χ2v) is 9.84. The quantitative estimate of drug-likeness (QED) is 0.283. The van der Waals surface area contributed by atoms with Crippen LogP contribution in [-0.2, 0) is 5.41 Å². The van der Waals surface area contributed by atoms with Gasteiger partial charge in [-0.25, -0.2) is 0 Å². The molecule has 2 aromatic rings. The average molecular weight is 423 g/mol. The third-order valence-corrected chi connectivity index (χ3v) is 6.93. The molecule has 0 aliphatic carbocycles. The summed E-state index contributed by atoms with van der Waals surface area (Å²) in [6.07, 6.45) is 15.9. The van der Waals surface area contributed by atoms with Crippen LogP contribution in [0, 0.1) is 0 Å². The van der Waals surface area contributed by atoms with Crippen LogP contribution in [0.1, 0.15) is 127 Å². The Morgan fingerprint density at radius 1 is 0.677 bits per heavy atom. The highest BCUT2D eigenvalue weighted by Gasteiger charge is 2.30. The highest BCUT2D eigenvalue weighted by molar-refractivity contribution is 5.51. The first-order chi connectivity index (χ1) is 15.0. The van der Waals surface area contributed by atoms with Gasteiger partial charge in [-0.15, -0.1) is 0 Å². The van der Waals surface area contributed by atoms with Gasteiger partial charge in [-0.2, -0.15) is 0 Å². The molecule has 0 aromatic heterocycles. The fourth-order valence-corrected chi connectivity index (χ4v) is 5.08. The Bertz CT molecular complexity index is 731. The molecular weight excluding hydrogens is 376 g/mol. The summed E-state index contributed by atoms with van der Waals surface area (Å²) in [5, 5.41) is 10.9. The lowest BCUT2D eigenvalue weighted by molar-refractivity contribution is 0.442. The maximum atomic E-state index is 10.9. The largest absolute Gasteiger partial charge is 0.508 e. The van der Waals surface area contributed by atoms with Gasteiger partial charge >= 0.3 is 0 Å². The molecule has 0 saturated carbocycles. The monoisotopic (exact) mass is 422 g/mol. The third kappa shape index (κ3) is 7.70. The van der Waals surface area contributed by atoms with E-state index in [4.69, 9.17) is 0 Å². The molecule has 0 fully saturated rings. The maximum absolute atomic E-state index is 10.9. The molecule has 0 spiro atoms. The minimum Gasteiger partial charge on any atom is -0.508 e. The van der Waals surface area contributed by atoms with Crippen molar-refractivity contribution in [2.75, 3.05) is 0 Å². The summed E-state index contributed by atoms with van der Waals surface area (Å²) in [5.41, 5.74) is 3.52. The van der Waals surface area contributed by atoms with E-state index in [0.29, 0.717) is 11.7 Å². The number of aromatic hydroxyl groups is 1. The maximum Gasteiger partial charge on any atom is 0.119 e. The highest BCUT2D eigenvalue weighted by atomic mass is 16.3. The smallest absolute Gasteiger partial charge is 0.119 e. The number of rotatable bonds is 15. The van der Waals surface area contributed by atoms with Crippen LogP contribution in [0.2, 0.25) is 0 Å². The molecule has 1 heteroatoms. The predicted octanol–water partition coefficient (Wildman–Crippen LogP) is 9.52. The number of hydrogen-bond donors (Lipinski definition) is 1. The normalized spacial score (nSPS) is 12.8. The van der Waals surface area contributed by atoms with E-state index >= 15 is 0 Å². The van der Waals surface area contributed by atoms with Gasteiger partial charge in [-0.05, 0) is 36.0 Å². The van der Waals surface area contributed by atoms with Crippen molar-refractivity contribution in [2.24, 2.45) is 0 Å². The van der Waals surface area contributed by atoms with Crippen LogP contribution in [0.15, 0.2) is 48.5 Å². The molecule has 0 heterocycles. The Morgan fingerprint density at radius 3 is 1.90 bits per heavy atom. The van der Waals surface area contributed by atoms with Crippen molar-refractivity contribution in [3.8, 4) is 5.75 Å². The first-order valence-electron chi connectivity index (χ1n) is 12.9. The number of benzene rings is 2. The van der Waals surface area contributed by atoms with Gasteiger partial charge in [0.1, 0.15) is 5.75 Å². The summed E-state index contributed by atoms with van der Waals surface area (Å²) >= 11 is 0. The van der Waals surface area contributed by atoms with Crippen LogP contribution < -0.4 is 0 Å². The molecule has 1 nitrogen and oxygen atoms in total. The van der Waals surface area contributed by atoms with Crippen molar-refractivity contribution in [3.05, 3.63) is 65.2 Å². The SMILES string of the molecule is CCCCCCCCCCCC(CCC)c1cccc(O)c1C(C)(C)c1ccccc1. The van der Waals surface area contributed by atoms with Crippen LogP contribution in [0.25, 0.3) is 0 Å². The Labute approximate surface area is 192 Å². The number of unbranched alkanes of at least 4 members (excludes halogenated alkanes) is 8.